The average Bonchev–Trinajstić information content (AvgIpc) is 2.94. The van der Waals surface area contributed by atoms with E-state index >= 15 is 0 Å². The van der Waals surface area contributed by atoms with Crippen LogP contribution in [-0.2, 0) is 22.6 Å². The Morgan fingerprint density at radius 1 is 1.11 bits per heavy atom. The van der Waals surface area contributed by atoms with Crippen molar-refractivity contribution >= 4 is 28.2 Å². The number of aliphatic hydroxyl groups excluding tert-OH is 2. The van der Waals surface area contributed by atoms with Crippen molar-refractivity contribution in [1.82, 2.24) is 14.7 Å². The van der Waals surface area contributed by atoms with Crippen molar-refractivity contribution in [1.29, 1.82) is 0 Å². The van der Waals surface area contributed by atoms with Crippen molar-refractivity contribution in [3.63, 3.8) is 0 Å². The highest BCUT2D eigenvalue weighted by Gasteiger charge is 2.63. The molecular weight excluding hydrogens is 580 g/mol. The number of hydrogen-bond acceptors (Lipinski definition) is 11. The number of phenols is 1. The van der Waals surface area contributed by atoms with E-state index in [0.29, 0.717) is 41.8 Å². The van der Waals surface area contributed by atoms with E-state index in [0.717, 1.165) is 25.1 Å². The minimum absolute atomic E-state index is 0.0104. The maximum Gasteiger partial charge on any atom is 0.255 e. The first-order chi connectivity index (χ1) is 21.3. The molecule has 6 N–H and O–H groups in total. The minimum atomic E-state index is -2.69. The fourth-order valence-corrected chi connectivity index (χ4v) is 7.52. The van der Waals surface area contributed by atoms with E-state index in [2.05, 4.69) is 4.90 Å². The number of allylic oxidation sites excluding steroid dienone is 1. The topological polar surface area (TPSA) is 177 Å². The summed E-state index contributed by atoms with van der Waals surface area (Å²) in [7, 11) is 7.04. The van der Waals surface area contributed by atoms with Crippen LogP contribution in [0.25, 0.3) is 10.8 Å². The molecular formula is C33H40N4O8. The van der Waals surface area contributed by atoms with Gasteiger partial charge in [-0.3, -0.25) is 24.2 Å². The van der Waals surface area contributed by atoms with Crippen LogP contribution in [0.3, 0.4) is 0 Å². The lowest BCUT2D eigenvalue weighted by molar-refractivity contribution is -0.148. The van der Waals surface area contributed by atoms with Gasteiger partial charge in [-0.2, -0.15) is 0 Å². The number of rotatable bonds is 8. The van der Waals surface area contributed by atoms with Gasteiger partial charge in [0, 0.05) is 40.9 Å². The Morgan fingerprint density at radius 2 is 1.82 bits per heavy atom. The fraction of sp³-hybridized carbons (Fsp3) is 0.485. The van der Waals surface area contributed by atoms with Gasteiger partial charge < -0.3 is 35.8 Å². The number of aromatic hydroxyl groups is 1. The van der Waals surface area contributed by atoms with Crippen LogP contribution in [0.1, 0.15) is 34.3 Å². The molecule has 0 saturated carbocycles. The first kappa shape index (κ1) is 31.0. The maximum atomic E-state index is 14.4. The second kappa shape index (κ2) is 11.1. The lowest BCUT2D eigenvalue weighted by Crippen LogP contribution is -2.63. The van der Waals surface area contributed by atoms with Gasteiger partial charge in [0.1, 0.15) is 35.2 Å². The molecule has 2 aromatic rings. The van der Waals surface area contributed by atoms with E-state index < -0.39 is 58.0 Å². The largest absolute Gasteiger partial charge is 0.510 e. The monoisotopic (exact) mass is 620 g/mol. The van der Waals surface area contributed by atoms with Crippen LogP contribution >= 0.6 is 0 Å². The Morgan fingerprint density at radius 3 is 2.42 bits per heavy atom. The van der Waals surface area contributed by atoms with Crippen LogP contribution in [0, 0.1) is 11.8 Å². The lowest BCUT2D eigenvalue weighted by atomic mass is 9.58. The standard InChI is InChI=1S/C33H40N4O8/c1-35(2)10-11-45-29-18-7-6-16(15-37-8-5-9-37)12-19(18)26(38)23-20(29)13-17-14-21-25(36(3)4)28(40)24(32(34)43)31(42)33(21,44)30(41)22(17)27(23)39/h6-7,12,17,21,25,38,40-41,44H,5,8-11,13-15H2,1-4H3,(H2,34,43)/t17-,21-,25-,33-/m0/s1. The molecule has 0 unspecified atom stereocenters. The molecule has 1 heterocycles. The van der Waals surface area contributed by atoms with Crippen LogP contribution in [0.5, 0.6) is 11.5 Å². The molecule has 0 aromatic heterocycles. The molecule has 240 valence electrons. The van der Waals surface area contributed by atoms with E-state index in [-0.39, 0.29) is 29.7 Å². The zero-order valence-electron chi connectivity index (χ0n) is 26.0. The summed E-state index contributed by atoms with van der Waals surface area (Å²) in [5.41, 5.74) is 3.11. The van der Waals surface area contributed by atoms with Gasteiger partial charge in [-0.25, -0.2) is 0 Å². The zero-order chi connectivity index (χ0) is 32.5. The SMILES string of the molecule is CN(C)CCOc1c2c(c(O)c3cc(CN4CCC4)ccc13)C(=O)C1=C(O)[C@]3(O)C(=O)C(C(N)=O)=C(O)[C@@H](N(C)C)[C@@H]3C[C@@H]1C2. The van der Waals surface area contributed by atoms with Gasteiger partial charge >= 0.3 is 0 Å². The Labute approximate surface area is 260 Å². The second-order valence-electron chi connectivity index (χ2n) is 13.2. The highest BCUT2D eigenvalue weighted by Crippen LogP contribution is 2.54. The van der Waals surface area contributed by atoms with Crippen molar-refractivity contribution in [2.24, 2.45) is 17.6 Å². The Bertz CT molecular complexity index is 1690. The molecule has 6 rings (SSSR count). The third-order valence-corrected chi connectivity index (χ3v) is 9.85. The van der Waals surface area contributed by atoms with Crippen molar-refractivity contribution < 1.29 is 39.5 Å². The molecule has 12 heteroatoms. The summed E-state index contributed by atoms with van der Waals surface area (Å²) in [5, 5.41) is 47.3. The molecule has 4 atom stereocenters. The Hall–Kier alpha value is -3.97. The number of hydrogen-bond donors (Lipinski definition) is 5. The summed E-state index contributed by atoms with van der Waals surface area (Å²) >= 11 is 0. The van der Waals surface area contributed by atoms with Gasteiger partial charge in [0.25, 0.3) is 5.91 Å². The minimum Gasteiger partial charge on any atom is -0.510 e. The molecule has 1 amide bonds. The van der Waals surface area contributed by atoms with Gasteiger partial charge in [0.05, 0.1) is 11.6 Å². The highest BCUT2D eigenvalue weighted by molar-refractivity contribution is 6.25. The number of carbonyl (C=O) groups is 3. The third kappa shape index (κ3) is 4.70. The van der Waals surface area contributed by atoms with Crippen molar-refractivity contribution in [3.05, 3.63) is 57.6 Å². The molecule has 3 aliphatic carbocycles. The molecule has 12 nitrogen and oxygen atoms in total. The molecule has 4 aliphatic rings. The number of primary amides is 1. The number of amides is 1. The van der Waals surface area contributed by atoms with Gasteiger partial charge in [-0.15, -0.1) is 0 Å². The number of ether oxygens (including phenoxy) is 1. The number of benzene rings is 2. The lowest BCUT2D eigenvalue weighted by Gasteiger charge is -2.50. The van der Waals surface area contributed by atoms with Crippen LogP contribution < -0.4 is 10.5 Å². The normalized spacial score (nSPS) is 26.7. The predicted molar refractivity (Wildman–Crippen MR) is 165 cm³/mol. The number of Topliss-reactive ketones (excluding diaryl/α,β-unsaturated/α-hetero) is 2. The molecule has 0 radical (unpaired) electrons. The van der Waals surface area contributed by atoms with Crippen LogP contribution in [-0.4, -0.2) is 119 Å². The van der Waals surface area contributed by atoms with E-state index in [1.54, 1.807) is 14.1 Å². The smallest absolute Gasteiger partial charge is 0.255 e. The second-order valence-corrected chi connectivity index (χ2v) is 13.2. The summed E-state index contributed by atoms with van der Waals surface area (Å²) in [5.74, 6) is -6.32. The number of nitrogens with two attached hydrogens (primary N) is 1. The number of phenolic OH excluding ortho intramolecular Hbond substituents is 1. The molecule has 1 aliphatic heterocycles. The molecule has 45 heavy (non-hydrogen) atoms. The van der Waals surface area contributed by atoms with E-state index in [1.165, 1.54) is 4.90 Å². The average molecular weight is 621 g/mol. The number of carbonyl (C=O) groups excluding carboxylic acids is 3. The Balaban J connectivity index is 1.53. The third-order valence-electron chi connectivity index (χ3n) is 9.85. The van der Waals surface area contributed by atoms with E-state index in [4.69, 9.17) is 10.5 Å². The molecule has 1 saturated heterocycles. The quantitative estimate of drug-likeness (QED) is 0.270. The zero-order valence-corrected chi connectivity index (χ0v) is 26.0. The van der Waals surface area contributed by atoms with E-state index in [9.17, 15) is 34.8 Å². The first-order valence-corrected chi connectivity index (χ1v) is 15.2. The summed E-state index contributed by atoms with van der Waals surface area (Å²) in [6.45, 7) is 3.58. The summed E-state index contributed by atoms with van der Waals surface area (Å²) in [4.78, 5) is 46.0. The van der Waals surface area contributed by atoms with E-state index in [1.807, 2.05) is 37.2 Å². The number of nitrogens with zero attached hydrogens (tertiary/aromatic N) is 3. The number of fused-ring (bicyclic) bond motifs is 4. The Kier molecular flexibility index (Phi) is 7.67. The summed E-state index contributed by atoms with van der Waals surface area (Å²) < 4.78 is 6.35. The molecule has 2 aromatic carbocycles. The predicted octanol–water partition coefficient (Wildman–Crippen LogP) is 1.42. The van der Waals surface area contributed by atoms with Crippen LogP contribution in [0.4, 0.5) is 0 Å². The van der Waals surface area contributed by atoms with Gasteiger partial charge in [-0.1, -0.05) is 12.1 Å². The number of likely N-dealkylation sites (tertiary alicyclic amines) is 1. The van der Waals surface area contributed by atoms with Gasteiger partial charge in [-0.05, 0) is 78.1 Å². The molecule has 1 fully saturated rings. The summed E-state index contributed by atoms with van der Waals surface area (Å²) in [6.07, 6.45) is 1.30. The number of likely N-dealkylation sites (N-methyl/N-ethyl adjacent to an activating group) is 2. The van der Waals surface area contributed by atoms with Crippen molar-refractivity contribution in [3.8, 4) is 11.5 Å². The fourth-order valence-electron chi connectivity index (χ4n) is 7.52. The van der Waals surface area contributed by atoms with Gasteiger partial charge in [0.2, 0.25) is 5.78 Å². The van der Waals surface area contributed by atoms with Crippen molar-refractivity contribution in [2.75, 3.05) is 54.4 Å². The molecule has 0 spiro atoms. The van der Waals surface area contributed by atoms with Crippen LogP contribution in [0.15, 0.2) is 40.9 Å². The molecule has 0 bridgehead atoms. The number of aliphatic hydroxyl groups is 3. The maximum absolute atomic E-state index is 14.4. The highest BCUT2D eigenvalue weighted by atomic mass is 16.5. The number of ketones is 2. The summed E-state index contributed by atoms with van der Waals surface area (Å²) in [6, 6.07) is 4.69. The van der Waals surface area contributed by atoms with Crippen LogP contribution in [0.2, 0.25) is 0 Å². The first-order valence-electron chi connectivity index (χ1n) is 15.2. The van der Waals surface area contributed by atoms with Crippen molar-refractivity contribution in [2.45, 2.75) is 37.5 Å². The van der Waals surface area contributed by atoms with Gasteiger partial charge in [0.15, 0.2) is 11.4 Å².